The highest BCUT2D eigenvalue weighted by atomic mass is 31.2. The lowest BCUT2D eigenvalue weighted by molar-refractivity contribution is -0.161. The van der Waals surface area contributed by atoms with Gasteiger partial charge in [-0.1, -0.05) is 312 Å². The highest BCUT2D eigenvalue weighted by Crippen LogP contribution is 2.45. The van der Waals surface area contributed by atoms with E-state index in [1.807, 2.05) is 18.2 Å². The summed E-state index contributed by atoms with van der Waals surface area (Å²) >= 11 is 0. The number of allylic oxidation sites excluding steroid dienone is 13. The van der Waals surface area contributed by atoms with Crippen molar-refractivity contribution >= 4 is 39.5 Å². The molecule has 0 aromatic carbocycles. The summed E-state index contributed by atoms with van der Waals surface area (Å²) in [5.41, 5.74) is 0. The van der Waals surface area contributed by atoms with Gasteiger partial charge in [0.2, 0.25) is 0 Å². The maximum Gasteiger partial charge on any atom is 0.472 e. The summed E-state index contributed by atoms with van der Waals surface area (Å²) in [4.78, 5) is 72.8. The monoisotopic (exact) mass is 1420 g/mol. The molecule has 5 atom stereocenters. The van der Waals surface area contributed by atoms with Crippen LogP contribution in [0.1, 0.15) is 336 Å². The van der Waals surface area contributed by atoms with Crippen LogP contribution in [0.2, 0.25) is 0 Å². The molecule has 0 bridgehead atoms. The maximum absolute atomic E-state index is 13.1. The van der Waals surface area contributed by atoms with Gasteiger partial charge in [-0.3, -0.25) is 37.3 Å². The Morgan fingerprint density at radius 3 is 0.929 bits per heavy atom. The molecule has 17 nitrogen and oxygen atoms in total. The van der Waals surface area contributed by atoms with E-state index in [4.69, 9.17) is 37.0 Å². The smallest absolute Gasteiger partial charge is 0.462 e. The Morgan fingerprint density at radius 2 is 0.571 bits per heavy atom. The highest BCUT2D eigenvalue weighted by Gasteiger charge is 2.30. The topological polar surface area (TPSA) is 237 Å². The van der Waals surface area contributed by atoms with E-state index in [-0.39, 0.29) is 25.7 Å². The number of phosphoric ester groups is 2. The van der Waals surface area contributed by atoms with Gasteiger partial charge in [0.05, 0.1) is 32.8 Å². The Balaban J connectivity index is 5.39. The predicted molar refractivity (Wildman–Crippen MR) is 399 cm³/mol. The van der Waals surface area contributed by atoms with Crippen LogP contribution in [0, 0.1) is 0 Å². The number of unbranched alkanes of at least 4 members (excludes halogenated alkanes) is 34. The molecule has 0 aliphatic heterocycles. The molecule has 19 heteroatoms. The van der Waals surface area contributed by atoms with E-state index in [0.717, 1.165) is 122 Å². The van der Waals surface area contributed by atoms with Gasteiger partial charge in [-0.25, -0.2) is 9.13 Å². The average molecular weight is 1420 g/mol. The summed E-state index contributed by atoms with van der Waals surface area (Å²) < 4.78 is 68.4. The van der Waals surface area contributed by atoms with Crippen LogP contribution < -0.4 is 0 Å². The zero-order valence-corrected chi connectivity index (χ0v) is 63.7. The Morgan fingerprint density at radius 1 is 0.306 bits per heavy atom. The third-order valence-electron chi connectivity index (χ3n) is 16.4. The van der Waals surface area contributed by atoms with Gasteiger partial charge in [0.1, 0.15) is 19.3 Å². The third kappa shape index (κ3) is 70.7. The summed E-state index contributed by atoms with van der Waals surface area (Å²) in [6.07, 6.45) is 73.1. The number of ether oxygens (including phenoxy) is 4. The molecular weight excluding hydrogens is 1280 g/mol. The first kappa shape index (κ1) is 94.2. The first-order valence-electron chi connectivity index (χ1n) is 38.8. The fourth-order valence-corrected chi connectivity index (χ4v) is 12.1. The second kappa shape index (κ2) is 71.6. The number of hydrogen-bond donors (Lipinski definition) is 3. The molecule has 0 saturated heterocycles. The van der Waals surface area contributed by atoms with Crippen LogP contribution in [-0.2, 0) is 65.4 Å². The summed E-state index contributed by atoms with van der Waals surface area (Å²) in [5, 5.41) is 10.6. The molecule has 0 fully saturated rings. The minimum atomic E-state index is -4.99. The fourth-order valence-electron chi connectivity index (χ4n) is 10.5. The zero-order chi connectivity index (χ0) is 71.8. The molecule has 0 aliphatic carbocycles. The minimum Gasteiger partial charge on any atom is -0.462 e. The molecule has 0 heterocycles. The van der Waals surface area contributed by atoms with Crippen molar-refractivity contribution in [1.29, 1.82) is 0 Å². The minimum absolute atomic E-state index is 0.0676. The molecule has 0 aliphatic rings. The van der Waals surface area contributed by atoms with Crippen molar-refractivity contribution in [3.05, 3.63) is 85.1 Å². The number of phosphoric acid groups is 2. The number of aliphatic hydroxyl groups excluding tert-OH is 1. The summed E-state index contributed by atoms with van der Waals surface area (Å²) in [7, 11) is -9.96. The summed E-state index contributed by atoms with van der Waals surface area (Å²) in [6.45, 7) is 4.65. The van der Waals surface area contributed by atoms with Gasteiger partial charge in [-0.05, 0) is 83.5 Å². The molecule has 98 heavy (non-hydrogen) atoms. The molecule has 0 rings (SSSR count). The lowest BCUT2D eigenvalue weighted by atomic mass is 10.0. The first-order chi connectivity index (χ1) is 47.7. The van der Waals surface area contributed by atoms with Gasteiger partial charge in [-0.2, -0.15) is 0 Å². The van der Waals surface area contributed by atoms with Crippen molar-refractivity contribution in [2.75, 3.05) is 39.6 Å². The van der Waals surface area contributed by atoms with E-state index in [2.05, 4.69) is 88.5 Å². The van der Waals surface area contributed by atoms with Crippen LogP contribution in [0.3, 0.4) is 0 Å². The lowest BCUT2D eigenvalue weighted by Gasteiger charge is -2.21. The number of hydrogen-bond acceptors (Lipinski definition) is 15. The fraction of sp³-hybridized carbons (Fsp3) is 0.772. The van der Waals surface area contributed by atoms with Crippen molar-refractivity contribution in [3.63, 3.8) is 0 Å². The molecule has 0 saturated carbocycles. The summed E-state index contributed by atoms with van der Waals surface area (Å²) in [5.74, 6) is -2.31. The van der Waals surface area contributed by atoms with Crippen LogP contribution in [0.15, 0.2) is 85.1 Å². The van der Waals surface area contributed by atoms with E-state index < -0.39 is 97.5 Å². The van der Waals surface area contributed by atoms with Crippen LogP contribution >= 0.6 is 15.6 Å². The molecule has 3 N–H and O–H groups in total. The van der Waals surface area contributed by atoms with E-state index in [1.165, 1.54) is 135 Å². The Bertz CT molecular complexity index is 2190. The molecule has 0 aromatic rings. The van der Waals surface area contributed by atoms with Crippen molar-refractivity contribution in [2.24, 2.45) is 0 Å². The number of esters is 4. The van der Waals surface area contributed by atoms with Crippen LogP contribution in [-0.4, -0.2) is 96.7 Å². The molecule has 0 amide bonds. The molecular formula is C79H140O17P2. The number of carbonyl (C=O) groups is 4. The van der Waals surface area contributed by atoms with Crippen molar-refractivity contribution in [3.8, 4) is 0 Å². The van der Waals surface area contributed by atoms with E-state index >= 15 is 0 Å². The number of carbonyl (C=O) groups excluding carboxylic acids is 4. The van der Waals surface area contributed by atoms with Crippen molar-refractivity contribution in [2.45, 2.75) is 354 Å². The standard InChI is InChI=1S/C79H140O17P2/c1-5-9-13-17-21-25-29-33-36-40-43-47-51-55-59-63-76(81)89-69-74(95-78(83)65-61-57-53-49-45-39-32-28-24-20-16-12-8-4)71-93-97(85,86)91-67-73(80)68-92-98(87,88)94-72-75(96-79(84)66-62-58-54-50-46-42-38-35-31-27-23-19-15-11-7-3)70-90-77(82)64-60-56-52-48-44-41-37-34-30-26-22-18-14-10-6-2/h9,13,21-22,25-26,33-34,36-37,43,47,55,59,73-75,80H,5-8,10-12,14-20,23-24,27-32,35,38-42,44-46,48-54,56-58,60-72H2,1-4H3,(H,85,86)(H,87,88)/b13-9-,25-21-,26-22-,36-33-,37-34-,47-43-,59-55-. The molecule has 0 radical (unpaired) electrons. The number of aliphatic hydroxyl groups is 1. The SMILES string of the molecule is CC/C=C\C/C=C\C/C=C\C/C=C\C/C=C\CC(=O)OCC(COP(=O)(O)OCC(O)COP(=O)(O)OCC(COC(=O)CCCCCCC/C=C\C/C=C\CCCCC)OC(=O)CCCCCCCCCCCCCCCCC)OC(=O)CCCCCCCCCCCCCCC. The molecule has 5 unspecified atom stereocenters. The quantitative estimate of drug-likeness (QED) is 0.0169. The zero-order valence-electron chi connectivity index (χ0n) is 62.0. The van der Waals surface area contributed by atoms with Crippen LogP contribution in [0.5, 0.6) is 0 Å². The lowest BCUT2D eigenvalue weighted by Crippen LogP contribution is -2.30. The molecule has 0 aromatic heterocycles. The molecule has 0 spiro atoms. The van der Waals surface area contributed by atoms with Gasteiger partial charge in [-0.15, -0.1) is 0 Å². The van der Waals surface area contributed by atoms with E-state index in [1.54, 1.807) is 6.08 Å². The van der Waals surface area contributed by atoms with Crippen LogP contribution in [0.4, 0.5) is 0 Å². The second-order valence-corrected chi connectivity index (χ2v) is 28.9. The van der Waals surface area contributed by atoms with E-state index in [0.29, 0.717) is 25.7 Å². The Labute approximate surface area is 595 Å². The largest absolute Gasteiger partial charge is 0.472 e. The first-order valence-corrected chi connectivity index (χ1v) is 41.8. The number of rotatable bonds is 73. The van der Waals surface area contributed by atoms with Gasteiger partial charge < -0.3 is 33.8 Å². The Kier molecular flexibility index (Phi) is 68.9. The van der Waals surface area contributed by atoms with Crippen molar-refractivity contribution in [1.82, 2.24) is 0 Å². The maximum atomic E-state index is 13.1. The Hall–Kier alpha value is -3.76. The summed E-state index contributed by atoms with van der Waals surface area (Å²) in [6, 6.07) is 0. The van der Waals surface area contributed by atoms with Crippen molar-refractivity contribution < 1.29 is 80.2 Å². The molecule has 568 valence electrons. The normalized spacial score (nSPS) is 14.4. The predicted octanol–water partition coefficient (Wildman–Crippen LogP) is 22.2. The van der Waals surface area contributed by atoms with Gasteiger partial charge in [0, 0.05) is 19.3 Å². The van der Waals surface area contributed by atoms with Crippen LogP contribution in [0.25, 0.3) is 0 Å². The second-order valence-electron chi connectivity index (χ2n) is 25.9. The van der Waals surface area contributed by atoms with E-state index in [9.17, 15) is 43.2 Å². The van der Waals surface area contributed by atoms with Gasteiger partial charge >= 0.3 is 39.5 Å². The average Bonchev–Trinajstić information content (AvgIpc) is 0.959. The third-order valence-corrected chi connectivity index (χ3v) is 18.3. The highest BCUT2D eigenvalue weighted by molar-refractivity contribution is 7.47. The van der Waals surface area contributed by atoms with Gasteiger partial charge in [0.15, 0.2) is 12.2 Å². The van der Waals surface area contributed by atoms with Gasteiger partial charge in [0.25, 0.3) is 0 Å².